The maximum Gasteiger partial charge on any atom is 0.408 e. The second kappa shape index (κ2) is 11.3. The van der Waals surface area contributed by atoms with Crippen molar-refractivity contribution in [3.8, 4) is 0 Å². The van der Waals surface area contributed by atoms with E-state index in [1.807, 2.05) is 50.3 Å². The summed E-state index contributed by atoms with van der Waals surface area (Å²) in [4.78, 5) is 23.4. The molecule has 2 amide bonds. The van der Waals surface area contributed by atoms with E-state index in [-0.39, 0.29) is 11.7 Å². The molecule has 0 unspecified atom stereocenters. The fourth-order valence-electron chi connectivity index (χ4n) is 2.13. The van der Waals surface area contributed by atoms with E-state index in [1.54, 1.807) is 26.2 Å². The van der Waals surface area contributed by atoms with Crippen molar-refractivity contribution in [3.05, 3.63) is 59.5 Å². The highest BCUT2D eigenvalue weighted by molar-refractivity contribution is 8.16. The average molecular weight is 416 g/mol. The molecule has 0 saturated carbocycles. The molecule has 0 fully saturated rings. The molecule has 1 aromatic carbocycles. The Labute approximate surface area is 177 Å². The lowest BCUT2D eigenvalue weighted by Crippen LogP contribution is -2.40. The highest BCUT2D eigenvalue weighted by Gasteiger charge is 2.16. The van der Waals surface area contributed by atoms with Gasteiger partial charge < -0.3 is 15.4 Å². The number of thioether (sulfide) groups is 1. The SMILES string of the molecule is C=C(/C=C\C)c1ccc(/C(C)=C/SC(=N)NC(=O)CNC(=O)OC(C)(C)C)cc1. The van der Waals surface area contributed by atoms with Gasteiger partial charge in [-0.3, -0.25) is 10.2 Å². The van der Waals surface area contributed by atoms with Crippen molar-refractivity contribution in [2.45, 2.75) is 40.2 Å². The van der Waals surface area contributed by atoms with E-state index in [4.69, 9.17) is 10.1 Å². The minimum Gasteiger partial charge on any atom is -0.444 e. The Balaban J connectivity index is 2.51. The minimum absolute atomic E-state index is 0.0292. The molecule has 0 atom stereocenters. The van der Waals surface area contributed by atoms with E-state index in [1.165, 1.54) is 0 Å². The fourth-order valence-corrected chi connectivity index (χ4v) is 2.73. The molecule has 6 nitrogen and oxygen atoms in total. The van der Waals surface area contributed by atoms with Crippen LogP contribution in [-0.4, -0.2) is 29.3 Å². The number of benzene rings is 1. The van der Waals surface area contributed by atoms with Gasteiger partial charge in [-0.15, -0.1) is 0 Å². The van der Waals surface area contributed by atoms with Crippen LogP contribution >= 0.6 is 11.8 Å². The van der Waals surface area contributed by atoms with Crippen molar-refractivity contribution >= 4 is 40.1 Å². The summed E-state index contributed by atoms with van der Waals surface area (Å²) in [6.45, 7) is 12.8. The lowest BCUT2D eigenvalue weighted by Gasteiger charge is -2.19. The van der Waals surface area contributed by atoms with E-state index in [0.717, 1.165) is 34.0 Å². The zero-order valence-electron chi connectivity index (χ0n) is 17.6. The summed E-state index contributed by atoms with van der Waals surface area (Å²) in [6, 6.07) is 7.97. The molecule has 3 N–H and O–H groups in total. The van der Waals surface area contributed by atoms with Gasteiger partial charge >= 0.3 is 6.09 Å². The predicted octanol–water partition coefficient (Wildman–Crippen LogP) is 4.95. The van der Waals surface area contributed by atoms with Gasteiger partial charge in [0, 0.05) is 0 Å². The summed E-state index contributed by atoms with van der Waals surface area (Å²) in [5.41, 5.74) is 3.33. The van der Waals surface area contributed by atoms with Gasteiger partial charge in [0.1, 0.15) is 12.1 Å². The summed E-state index contributed by atoms with van der Waals surface area (Å²) in [5, 5.41) is 14.4. The number of hydrogen-bond donors (Lipinski definition) is 3. The molecule has 0 aromatic heterocycles. The van der Waals surface area contributed by atoms with E-state index in [9.17, 15) is 9.59 Å². The van der Waals surface area contributed by atoms with Crippen molar-refractivity contribution in [1.29, 1.82) is 5.41 Å². The van der Waals surface area contributed by atoms with Gasteiger partial charge in [-0.25, -0.2) is 4.79 Å². The maximum absolute atomic E-state index is 11.8. The highest BCUT2D eigenvalue weighted by Crippen LogP contribution is 2.21. The van der Waals surface area contributed by atoms with E-state index < -0.39 is 17.6 Å². The number of nitrogens with one attached hydrogen (secondary N) is 3. The van der Waals surface area contributed by atoms with Crippen LogP contribution in [0.1, 0.15) is 45.7 Å². The average Bonchev–Trinajstić information content (AvgIpc) is 2.63. The lowest BCUT2D eigenvalue weighted by atomic mass is 10.0. The van der Waals surface area contributed by atoms with Gasteiger partial charge in [-0.2, -0.15) is 0 Å². The van der Waals surface area contributed by atoms with Crippen molar-refractivity contribution < 1.29 is 14.3 Å². The molecule has 0 aliphatic carbocycles. The first-order valence-corrected chi connectivity index (χ1v) is 10.0. The highest BCUT2D eigenvalue weighted by atomic mass is 32.2. The Bertz CT molecular complexity index is 819. The number of carbonyl (C=O) groups excluding carboxylic acids is 2. The number of alkyl carbamates (subject to hydrolysis) is 1. The first kappa shape index (κ1) is 24.2. The zero-order valence-corrected chi connectivity index (χ0v) is 18.4. The molecule has 156 valence electrons. The van der Waals surface area contributed by atoms with Crippen molar-refractivity contribution in [3.63, 3.8) is 0 Å². The van der Waals surface area contributed by atoms with Gasteiger partial charge in [0.2, 0.25) is 5.91 Å². The van der Waals surface area contributed by atoms with Crippen molar-refractivity contribution in [1.82, 2.24) is 10.6 Å². The first-order valence-electron chi connectivity index (χ1n) is 9.13. The maximum atomic E-state index is 11.8. The molecule has 1 aromatic rings. The molecule has 1 rings (SSSR count). The Kier molecular flexibility index (Phi) is 9.41. The largest absolute Gasteiger partial charge is 0.444 e. The smallest absolute Gasteiger partial charge is 0.408 e. The molecule has 0 bridgehead atoms. The molecule has 0 aliphatic heterocycles. The molecule has 0 heterocycles. The van der Waals surface area contributed by atoms with Crippen LogP contribution in [0.3, 0.4) is 0 Å². The van der Waals surface area contributed by atoms with Crippen LogP contribution in [-0.2, 0) is 9.53 Å². The summed E-state index contributed by atoms with van der Waals surface area (Å²) >= 11 is 1.09. The number of amides is 2. The third kappa shape index (κ3) is 9.80. The Morgan fingerprint density at radius 1 is 1.21 bits per heavy atom. The van der Waals surface area contributed by atoms with E-state index >= 15 is 0 Å². The Hall–Kier alpha value is -2.80. The van der Waals surface area contributed by atoms with Crippen molar-refractivity contribution in [2.75, 3.05) is 6.54 Å². The number of carbonyl (C=O) groups is 2. The second-order valence-corrected chi connectivity index (χ2v) is 8.13. The second-order valence-electron chi connectivity index (χ2n) is 7.25. The van der Waals surface area contributed by atoms with Gasteiger partial charge in [-0.1, -0.05) is 54.8 Å². The number of rotatable bonds is 6. The lowest BCUT2D eigenvalue weighted by molar-refractivity contribution is -0.118. The normalized spacial score (nSPS) is 11.8. The molecule has 29 heavy (non-hydrogen) atoms. The fraction of sp³-hybridized carbons (Fsp3) is 0.318. The third-order valence-electron chi connectivity index (χ3n) is 3.48. The Morgan fingerprint density at radius 3 is 2.34 bits per heavy atom. The standard InChI is InChI=1S/C22H29N3O3S/c1-7-8-15(2)17-9-11-18(12-10-17)16(3)14-29-20(23)25-19(26)13-24-21(27)28-22(4,5)6/h7-12,14H,2,13H2,1,3-6H3,(H,24,27)(H2,23,25,26)/b8-7-,16-14+. The van der Waals surface area contributed by atoms with Crippen LogP contribution in [0.25, 0.3) is 11.1 Å². The van der Waals surface area contributed by atoms with Gasteiger partial charge in [0.15, 0.2) is 5.17 Å². The van der Waals surface area contributed by atoms with Crippen LogP contribution < -0.4 is 10.6 Å². The third-order valence-corrected chi connectivity index (χ3v) is 4.29. The summed E-state index contributed by atoms with van der Waals surface area (Å²) in [7, 11) is 0. The van der Waals surface area contributed by atoms with Gasteiger partial charge in [0.25, 0.3) is 0 Å². The van der Waals surface area contributed by atoms with E-state index in [2.05, 4.69) is 17.2 Å². The zero-order chi connectivity index (χ0) is 22.0. The molecule has 0 radical (unpaired) electrons. The van der Waals surface area contributed by atoms with Crippen LogP contribution in [0.4, 0.5) is 4.79 Å². The van der Waals surface area contributed by atoms with Crippen molar-refractivity contribution in [2.24, 2.45) is 0 Å². The van der Waals surface area contributed by atoms with Gasteiger partial charge in [0.05, 0.1) is 0 Å². The number of ether oxygens (including phenoxy) is 1. The van der Waals surface area contributed by atoms with Crippen LogP contribution in [0.2, 0.25) is 0 Å². The van der Waals surface area contributed by atoms with Crippen LogP contribution in [0.15, 0.2) is 48.4 Å². The summed E-state index contributed by atoms with van der Waals surface area (Å²) in [6.07, 6.45) is 3.22. The van der Waals surface area contributed by atoms with Gasteiger partial charge in [-0.05, 0) is 62.3 Å². The topological polar surface area (TPSA) is 91.3 Å². The van der Waals surface area contributed by atoms with Crippen LogP contribution in [0.5, 0.6) is 0 Å². The quantitative estimate of drug-likeness (QED) is 0.348. The Morgan fingerprint density at radius 2 is 1.79 bits per heavy atom. The first-order chi connectivity index (χ1) is 13.5. The minimum atomic E-state index is -0.678. The monoisotopic (exact) mass is 415 g/mol. The number of allylic oxidation sites excluding steroid dienone is 4. The predicted molar refractivity (Wildman–Crippen MR) is 122 cm³/mol. The number of hydrogen-bond acceptors (Lipinski definition) is 5. The molecule has 0 saturated heterocycles. The molecule has 0 spiro atoms. The summed E-state index contributed by atoms with van der Waals surface area (Å²) in [5.74, 6) is -0.494. The van der Waals surface area contributed by atoms with Crippen LogP contribution in [0, 0.1) is 5.41 Å². The summed E-state index contributed by atoms with van der Waals surface area (Å²) < 4.78 is 5.05. The number of amidine groups is 1. The molecule has 7 heteroatoms. The van der Waals surface area contributed by atoms with E-state index in [0.29, 0.717) is 0 Å². The molecular weight excluding hydrogens is 386 g/mol. The molecular formula is C22H29N3O3S. The molecule has 0 aliphatic rings.